The highest BCUT2D eigenvalue weighted by Crippen LogP contribution is 2.20. The lowest BCUT2D eigenvalue weighted by molar-refractivity contribution is -0.116. The number of sulfonamides is 1. The van der Waals surface area contributed by atoms with Gasteiger partial charge in [-0.15, -0.1) is 0 Å². The van der Waals surface area contributed by atoms with Gasteiger partial charge in [0.1, 0.15) is 0 Å². The molecule has 0 aromatic heterocycles. The van der Waals surface area contributed by atoms with Crippen LogP contribution in [0.2, 0.25) is 0 Å². The van der Waals surface area contributed by atoms with Gasteiger partial charge in [-0.2, -0.15) is 0 Å². The molecule has 1 N–H and O–H groups in total. The normalized spacial score (nSPS) is 12.0. The molecule has 0 unspecified atom stereocenters. The molecule has 0 saturated heterocycles. The monoisotopic (exact) mass is 394 g/mol. The van der Waals surface area contributed by atoms with E-state index in [0.717, 1.165) is 20.6 Å². The molecule has 1 amide bonds. The van der Waals surface area contributed by atoms with Crippen molar-refractivity contribution in [1.29, 1.82) is 0 Å². The number of hydrogen-bond donors (Lipinski definition) is 1. The van der Waals surface area contributed by atoms with Crippen molar-refractivity contribution in [3.63, 3.8) is 0 Å². The van der Waals surface area contributed by atoms with Crippen LogP contribution in [-0.2, 0) is 21.4 Å². The lowest BCUT2D eigenvalue weighted by atomic mass is 10.0. The Kier molecular flexibility index (Phi) is 5.92. The van der Waals surface area contributed by atoms with E-state index in [9.17, 15) is 13.2 Å². The molecular formula is C22H22N2O3S. The SMILES string of the molecule is CN(C)S(=O)(=O)c1ccccc1CNC(=O)C=Cc1cccc2ccccc12. The molecule has 0 aliphatic carbocycles. The van der Waals surface area contributed by atoms with Gasteiger partial charge in [-0.1, -0.05) is 60.7 Å². The Bertz CT molecular complexity index is 1130. The first-order chi connectivity index (χ1) is 13.4. The van der Waals surface area contributed by atoms with E-state index < -0.39 is 10.0 Å². The topological polar surface area (TPSA) is 66.5 Å². The fourth-order valence-electron chi connectivity index (χ4n) is 2.90. The molecule has 144 valence electrons. The third-order valence-electron chi connectivity index (χ3n) is 4.42. The molecule has 3 aromatic rings. The maximum Gasteiger partial charge on any atom is 0.244 e. The van der Waals surface area contributed by atoms with Gasteiger partial charge >= 0.3 is 0 Å². The van der Waals surface area contributed by atoms with E-state index in [1.807, 2.05) is 42.5 Å². The first kappa shape index (κ1) is 19.8. The highest BCUT2D eigenvalue weighted by atomic mass is 32.2. The summed E-state index contributed by atoms with van der Waals surface area (Å²) in [6.45, 7) is 0.127. The summed E-state index contributed by atoms with van der Waals surface area (Å²) in [4.78, 5) is 12.5. The van der Waals surface area contributed by atoms with Crippen molar-refractivity contribution < 1.29 is 13.2 Å². The van der Waals surface area contributed by atoms with Crippen molar-refractivity contribution in [1.82, 2.24) is 9.62 Å². The van der Waals surface area contributed by atoms with Crippen molar-refractivity contribution in [3.8, 4) is 0 Å². The molecule has 0 bridgehead atoms. The van der Waals surface area contributed by atoms with E-state index in [0.29, 0.717) is 5.56 Å². The molecule has 3 aromatic carbocycles. The standard InChI is InChI=1S/C22H22N2O3S/c1-24(2)28(26,27)21-13-6-4-9-19(21)16-23-22(25)15-14-18-11-7-10-17-8-3-5-12-20(17)18/h3-15H,16H2,1-2H3,(H,23,25). The lowest BCUT2D eigenvalue weighted by Crippen LogP contribution is -2.26. The minimum atomic E-state index is -3.57. The number of nitrogens with zero attached hydrogens (tertiary/aromatic N) is 1. The van der Waals surface area contributed by atoms with Crippen LogP contribution in [0.15, 0.2) is 77.7 Å². The summed E-state index contributed by atoms with van der Waals surface area (Å²) in [5.74, 6) is -0.287. The molecule has 0 spiro atoms. The molecule has 0 aliphatic rings. The zero-order chi connectivity index (χ0) is 20.1. The number of fused-ring (bicyclic) bond motifs is 1. The second-order valence-electron chi connectivity index (χ2n) is 6.51. The van der Waals surface area contributed by atoms with Gasteiger partial charge in [0.05, 0.1) is 4.90 Å². The first-order valence-electron chi connectivity index (χ1n) is 8.84. The largest absolute Gasteiger partial charge is 0.348 e. The maximum absolute atomic E-state index is 12.4. The summed E-state index contributed by atoms with van der Waals surface area (Å²) in [6.07, 6.45) is 3.23. The lowest BCUT2D eigenvalue weighted by Gasteiger charge is -2.15. The van der Waals surface area contributed by atoms with Gasteiger partial charge in [0.15, 0.2) is 0 Å². The van der Waals surface area contributed by atoms with Crippen LogP contribution in [0.25, 0.3) is 16.8 Å². The Labute approximate surface area is 165 Å². The molecule has 0 radical (unpaired) electrons. The number of carbonyl (C=O) groups is 1. The number of rotatable bonds is 6. The summed E-state index contributed by atoms with van der Waals surface area (Å²) in [7, 11) is -0.604. The maximum atomic E-state index is 12.4. The van der Waals surface area contributed by atoms with Crippen LogP contribution >= 0.6 is 0 Å². The summed E-state index contributed by atoms with van der Waals surface area (Å²) in [5.41, 5.74) is 1.49. The van der Waals surface area contributed by atoms with Crippen molar-refractivity contribution in [2.75, 3.05) is 14.1 Å². The highest BCUT2D eigenvalue weighted by Gasteiger charge is 2.20. The second kappa shape index (κ2) is 8.37. The van der Waals surface area contributed by atoms with Crippen LogP contribution in [0.5, 0.6) is 0 Å². The van der Waals surface area contributed by atoms with Gasteiger partial charge in [-0.05, 0) is 34.0 Å². The molecule has 0 aliphatic heterocycles. The summed E-state index contributed by atoms with van der Waals surface area (Å²) in [6, 6.07) is 20.5. The van der Waals surface area contributed by atoms with Crippen LogP contribution in [0, 0.1) is 0 Å². The molecular weight excluding hydrogens is 372 g/mol. The van der Waals surface area contributed by atoms with Gasteiger partial charge in [0, 0.05) is 26.7 Å². The summed E-state index contributed by atoms with van der Waals surface area (Å²) < 4.78 is 26.0. The van der Waals surface area contributed by atoms with Crippen molar-refractivity contribution in [2.24, 2.45) is 0 Å². The Morgan fingerprint density at radius 1 is 0.964 bits per heavy atom. The predicted molar refractivity (Wildman–Crippen MR) is 112 cm³/mol. The quantitative estimate of drug-likeness (QED) is 0.652. The Morgan fingerprint density at radius 2 is 1.64 bits per heavy atom. The second-order valence-corrected chi connectivity index (χ2v) is 8.63. The van der Waals surface area contributed by atoms with Crippen LogP contribution < -0.4 is 5.32 Å². The van der Waals surface area contributed by atoms with E-state index >= 15 is 0 Å². The number of nitrogens with one attached hydrogen (secondary N) is 1. The Morgan fingerprint density at radius 3 is 2.43 bits per heavy atom. The fourth-order valence-corrected chi connectivity index (χ4v) is 4.02. The van der Waals surface area contributed by atoms with E-state index in [1.54, 1.807) is 30.3 Å². The fraction of sp³-hybridized carbons (Fsp3) is 0.136. The smallest absolute Gasteiger partial charge is 0.244 e. The van der Waals surface area contributed by atoms with Crippen molar-refractivity contribution in [3.05, 3.63) is 83.9 Å². The van der Waals surface area contributed by atoms with Crippen LogP contribution in [0.1, 0.15) is 11.1 Å². The Balaban J connectivity index is 1.74. The van der Waals surface area contributed by atoms with E-state index in [-0.39, 0.29) is 17.3 Å². The highest BCUT2D eigenvalue weighted by molar-refractivity contribution is 7.89. The predicted octanol–water partition coefficient (Wildman–Crippen LogP) is 3.42. The molecule has 0 heterocycles. The summed E-state index contributed by atoms with van der Waals surface area (Å²) >= 11 is 0. The third-order valence-corrected chi connectivity index (χ3v) is 6.34. The van der Waals surface area contributed by atoms with Crippen molar-refractivity contribution in [2.45, 2.75) is 11.4 Å². The molecule has 0 atom stereocenters. The van der Waals surface area contributed by atoms with Gasteiger partial charge < -0.3 is 5.32 Å². The van der Waals surface area contributed by atoms with Crippen LogP contribution in [0.3, 0.4) is 0 Å². The first-order valence-corrected chi connectivity index (χ1v) is 10.3. The van der Waals surface area contributed by atoms with Crippen LogP contribution in [0.4, 0.5) is 0 Å². The number of hydrogen-bond acceptors (Lipinski definition) is 3. The summed E-state index contributed by atoms with van der Waals surface area (Å²) in [5, 5.41) is 4.93. The van der Waals surface area contributed by atoms with Gasteiger partial charge in [-0.3, -0.25) is 4.79 Å². The number of benzene rings is 3. The average Bonchev–Trinajstić information content (AvgIpc) is 2.70. The van der Waals surface area contributed by atoms with Gasteiger partial charge in [0.25, 0.3) is 0 Å². The van der Waals surface area contributed by atoms with Crippen LogP contribution in [-0.4, -0.2) is 32.7 Å². The molecule has 5 nitrogen and oxygen atoms in total. The minimum absolute atomic E-state index is 0.127. The average molecular weight is 394 g/mol. The van der Waals surface area contributed by atoms with E-state index in [2.05, 4.69) is 5.32 Å². The zero-order valence-corrected chi connectivity index (χ0v) is 16.6. The molecule has 0 saturated carbocycles. The van der Waals surface area contributed by atoms with Gasteiger partial charge in [-0.25, -0.2) is 12.7 Å². The van der Waals surface area contributed by atoms with E-state index in [4.69, 9.17) is 0 Å². The Hall–Kier alpha value is -2.96. The molecule has 3 rings (SSSR count). The number of carbonyl (C=O) groups excluding carboxylic acids is 1. The minimum Gasteiger partial charge on any atom is -0.348 e. The molecule has 6 heteroatoms. The van der Waals surface area contributed by atoms with Crippen molar-refractivity contribution >= 4 is 32.8 Å². The van der Waals surface area contributed by atoms with E-state index in [1.165, 1.54) is 20.2 Å². The zero-order valence-electron chi connectivity index (χ0n) is 15.8. The number of amides is 1. The third kappa shape index (κ3) is 4.30. The molecule has 0 fully saturated rings. The van der Waals surface area contributed by atoms with Gasteiger partial charge in [0.2, 0.25) is 15.9 Å². The molecule has 28 heavy (non-hydrogen) atoms.